The predicted octanol–water partition coefficient (Wildman–Crippen LogP) is 0.352. The van der Waals surface area contributed by atoms with Gasteiger partial charge < -0.3 is 11.1 Å². The van der Waals surface area contributed by atoms with Gasteiger partial charge in [-0.15, -0.1) is 12.3 Å². The molecule has 1 heterocycles. The van der Waals surface area contributed by atoms with E-state index in [0.29, 0.717) is 13.0 Å². The number of anilines is 2. The van der Waals surface area contributed by atoms with Crippen LogP contribution in [0.3, 0.4) is 0 Å². The van der Waals surface area contributed by atoms with Gasteiger partial charge in [-0.2, -0.15) is 0 Å². The maximum Gasteiger partial charge on any atom is 0.330 e. The van der Waals surface area contributed by atoms with Crippen LogP contribution in [0.1, 0.15) is 26.7 Å². The van der Waals surface area contributed by atoms with Gasteiger partial charge in [0.25, 0.3) is 5.56 Å². The summed E-state index contributed by atoms with van der Waals surface area (Å²) in [4.78, 5) is 25.5. The van der Waals surface area contributed by atoms with E-state index in [0.717, 1.165) is 6.42 Å². The van der Waals surface area contributed by atoms with Crippen LogP contribution in [-0.4, -0.2) is 15.6 Å². The Morgan fingerprint density at radius 3 is 2.78 bits per heavy atom. The normalized spacial score (nSPS) is 11.8. The van der Waals surface area contributed by atoms with Crippen molar-refractivity contribution >= 4 is 11.5 Å². The first-order valence-electron chi connectivity index (χ1n) is 5.83. The van der Waals surface area contributed by atoms with Crippen molar-refractivity contribution in [3.8, 4) is 12.3 Å². The van der Waals surface area contributed by atoms with Crippen LogP contribution in [0.25, 0.3) is 0 Å². The third kappa shape index (κ3) is 2.94. The summed E-state index contributed by atoms with van der Waals surface area (Å²) in [5, 5.41) is 2.93. The van der Waals surface area contributed by atoms with Gasteiger partial charge in [0.1, 0.15) is 11.5 Å². The fraction of sp³-hybridized carbons (Fsp3) is 0.500. The van der Waals surface area contributed by atoms with E-state index in [9.17, 15) is 9.59 Å². The molecule has 98 valence electrons. The molecule has 0 saturated heterocycles. The van der Waals surface area contributed by atoms with Crippen molar-refractivity contribution in [2.75, 3.05) is 11.1 Å². The largest absolute Gasteiger partial charge is 0.383 e. The second kappa shape index (κ2) is 5.96. The molecule has 0 aliphatic carbocycles. The zero-order chi connectivity index (χ0) is 13.7. The molecule has 1 atom stereocenters. The van der Waals surface area contributed by atoms with E-state index in [1.807, 2.05) is 13.8 Å². The summed E-state index contributed by atoms with van der Waals surface area (Å²) >= 11 is 0. The smallest absolute Gasteiger partial charge is 0.330 e. The van der Waals surface area contributed by atoms with E-state index in [1.54, 1.807) is 0 Å². The Kier molecular flexibility index (Phi) is 4.60. The molecule has 4 N–H and O–H groups in total. The molecule has 0 aliphatic heterocycles. The van der Waals surface area contributed by atoms with E-state index in [-0.39, 0.29) is 17.5 Å². The van der Waals surface area contributed by atoms with Crippen molar-refractivity contribution < 1.29 is 0 Å². The molecule has 0 amide bonds. The van der Waals surface area contributed by atoms with Gasteiger partial charge in [-0.05, 0) is 13.3 Å². The highest BCUT2D eigenvalue weighted by Crippen LogP contribution is 2.12. The number of rotatable bonds is 5. The topological polar surface area (TPSA) is 92.9 Å². The van der Waals surface area contributed by atoms with E-state index >= 15 is 0 Å². The van der Waals surface area contributed by atoms with Crippen LogP contribution >= 0.6 is 0 Å². The van der Waals surface area contributed by atoms with Gasteiger partial charge in [-0.25, -0.2) is 4.79 Å². The molecule has 0 fully saturated rings. The maximum atomic E-state index is 11.7. The number of nitrogens with one attached hydrogen (secondary N) is 2. The second-order valence-electron chi connectivity index (χ2n) is 4.12. The number of terminal acetylenes is 1. The van der Waals surface area contributed by atoms with Gasteiger partial charge in [0, 0.05) is 19.0 Å². The average Bonchev–Trinajstić information content (AvgIpc) is 2.30. The molecule has 1 rings (SSSR count). The van der Waals surface area contributed by atoms with Gasteiger partial charge in [-0.3, -0.25) is 14.3 Å². The Balaban J connectivity index is 3.20. The SMILES string of the molecule is C#CCC(C)Nc1c(N)n(CCC)c(=O)[nH]c1=O. The van der Waals surface area contributed by atoms with Crippen LogP contribution in [0.15, 0.2) is 9.59 Å². The highest BCUT2D eigenvalue weighted by Gasteiger charge is 2.13. The Morgan fingerprint density at radius 1 is 1.56 bits per heavy atom. The van der Waals surface area contributed by atoms with Crippen molar-refractivity contribution in [1.29, 1.82) is 0 Å². The van der Waals surface area contributed by atoms with Crippen molar-refractivity contribution in [2.24, 2.45) is 0 Å². The zero-order valence-electron chi connectivity index (χ0n) is 10.6. The lowest BCUT2D eigenvalue weighted by atomic mass is 10.2. The van der Waals surface area contributed by atoms with Gasteiger partial charge in [0.2, 0.25) is 0 Å². The highest BCUT2D eigenvalue weighted by atomic mass is 16.2. The molecule has 0 bridgehead atoms. The Hall–Kier alpha value is -2.16. The molecule has 18 heavy (non-hydrogen) atoms. The fourth-order valence-corrected chi connectivity index (χ4v) is 1.65. The van der Waals surface area contributed by atoms with Crippen LogP contribution < -0.4 is 22.3 Å². The first-order valence-corrected chi connectivity index (χ1v) is 5.83. The first kappa shape index (κ1) is 13.9. The fourth-order valence-electron chi connectivity index (χ4n) is 1.65. The van der Waals surface area contributed by atoms with Gasteiger partial charge in [-0.1, -0.05) is 6.92 Å². The van der Waals surface area contributed by atoms with Crippen LogP contribution in [0.2, 0.25) is 0 Å². The predicted molar refractivity (Wildman–Crippen MR) is 72.6 cm³/mol. The molecular formula is C12H18N4O2. The third-order valence-electron chi connectivity index (χ3n) is 2.50. The van der Waals surface area contributed by atoms with Crippen molar-refractivity contribution in [3.05, 3.63) is 20.8 Å². The summed E-state index contributed by atoms with van der Waals surface area (Å²) in [5.41, 5.74) is 5.03. The monoisotopic (exact) mass is 250 g/mol. The molecule has 1 unspecified atom stereocenters. The summed E-state index contributed by atoms with van der Waals surface area (Å²) in [6.07, 6.45) is 6.41. The molecular weight excluding hydrogens is 232 g/mol. The first-order chi connectivity index (χ1) is 8.51. The minimum Gasteiger partial charge on any atom is -0.383 e. The lowest BCUT2D eigenvalue weighted by Crippen LogP contribution is -2.35. The second-order valence-corrected chi connectivity index (χ2v) is 4.12. The molecule has 6 heteroatoms. The zero-order valence-corrected chi connectivity index (χ0v) is 10.6. The number of aromatic amines is 1. The minimum absolute atomic E-state index is 0.0917. The quantitative estimate of drug-likeness (QED) is 0.657. The van der Waals surface area contributed by atoms with Crippen molar-refractivity contribution in [3.63, 3.8) is 0 Å². The van der Waals surface area contributed by atoms with Gasteiger partial charge in [0.15, 0.2) is 0 Å². The Labute approximate surface area is 105 Å². The maximum absolute atomic E-state index is 11.7. The number of hydrogen-bond acceptors (Lipinski definition) is 4. The van der Waals surface area contributed by atoms with Crippen LogP contribution in [-0.2, 0) is 6.54 Å². The number of aromatic nitrogens is 2. The molecule has 0 aliphatic rings. The molecule has 0 saturated carbocycles. The molecule has 1 aromatic heterocycles. The molecule has 0 aromatic carbocycles. The average molecular weight is 250 g/mol. The van der Waals surface area contributed by atoms with E-state index < -0.39 is 11.2 Å². The summed E-state index contributed by atoms with van der Waals surface area (Å²) in [6, 6.07) is -0.0917. The number of hydrogen-bond donors (Lipinski definition) is 3. The summed E-state index contributed by atoms with van der Waals surface area (Å²) in [7, 11) is 0. The van der Waals surface area contributed by atoms with Crippen LogP contribution in [0.4, 0.5) is 11.5 Å². The summed E-state index contributed by atoms with van der Waals surface area (Å²) in [6.45, 7) is 4.22. The number of nitrogen functional groups attached to an aromatic ring is 1. The standard InChI is InChI=1S/C12H18N4O2/c1-4-6-8(3)14-9-10(13)16(7-5-2)12(18)15-11(9)17/h1,8,14H,5-7,13H2,2-3H3,(H,15,17,18). The Bertz CT molecular complexity index is 565. The highest BCUT2D eigenvalue weighted by molar-refractivity contribution is 5.60. The van der Waals surface area contributed by atoms with Gasteiger partial charge in [0.05, 0.1) is 0 Å². The molecule has 6 nitrogen and oxygen atoms in total. The molecule has 0 radical (unpaired) electrons. The van der Waals surface area contributed by atoms with Crippen molar-refractivity contribution in [1.82, 2.24) is 9.55 Å². The lowest BCUT2D eigenvalue weighted by Gasteiger charge is -2.16. The number of nitrogens with zero attached hydrogens (tertiary/aromatic N) is 1. The minimum atomic E-state index is -0.520. The summed E-state index contributed by atoms with van der Waals surface area (Å²) < 4.78 is 1.34. The van der Waals surface area contributed by atoms with Crippen molar-refractivity contribution in [2.45, 2.75) is 39.3 Å². The van der Waals surface area contributed by atoms with E-state index in [1.165, 1.54) is 4.57 Å². The van der Waals surface area contributed by atoms with E-state index in [2.05, 4.69) is 16.2 Å². The number of nitrogens with two attached hydrogens (primary N) is 1. The molecule has 1 aromatic rings. The molecule has 0 spiro atoms. The van der Waals surface area contributed by atoms with Gasteiger partial charge >= 0.3 is 5.69 Å². The number of H-pyrrole nitrogens is 1. The summed E-state index contributed by atoms with van der Waals surface area (Å²) in [5.74, 6) is 2.64. The lowest BCUT2D eigenvalue weighted by molar-refractivity contribution is 0.641. The Morgan fingerprint density at radius 2 is 2.22 bits per heavy atom. The third-order valence-corrected chi connectivity index (χ3v) is 2.50. The van der Waals surface area contributed by atoms with Crippen LogP contribution in [0.5, 0.6) is 0 Å². The van der Waals surface area contributed by atoms with Crippen LogP contribution in [0, 0.1) is 12.3 Å². The van der Waals surface area contributed by atoms with E-state index in [4.69, 9.17) is 12.2 Å².